The summed E-state index contributed by atoms with van der Waals surface area (Å²) in [4.78, 5) is 26.4. The second-order valence-corrected chi connectivity index (χ2v) is 9.05. The minimum atomic E-state index is -3.73. The van der Waals surface area contributed by atoms with Gasteiger partial charge in [-0.05, 0) is 17.5 Å². The molecule has 10 heteroatoms. The summed E-state index contributed by atoms with van der Waals surface area (Å²) in [6, 6.07) is 5.10. The van der Waals surface area contributed by atoms with Crippen molar-refractivity contribution in [2.24, 2.45) is 12.8 Å². The minimum absolute atomic E-state index is 0.000207. The molecule has 0 atom stereocenters. The standard InChI is InChI=1S/C16H20N4O4S2/c1-18-11-13(10-14(18)16(17)22)26(23,24)20-6-4-19(5-7-20)15(21)9-12-3-2-8-25-12/h2-3,8,10-11H,4-7,9H2,1H3,(H2,17,22). The van der Waals surface area contributed by atoms with E-state index in [2.05, 4.69) is 0 Å². The number of nitrogens with zero attached hydrogens (tertiary/aromatic N) is 3. The first kappa shape index (κ1) is 18.6. The first-order chi connectivity index (χ1) is 12.3. The van der Waals surface area contributed by atoms with Crippen LogP contribution in [0.5, 0.6) is 0 Å². The van der Waals surface area contributed by atoms with Crippen LogP contribution in [0.4, 0.5) is 0 Å². The Labute approximate surface area is 155 Å². The van der Waals surface area contributed by atoms with Crippen molar-refractivity contribution in [2.45, 2.75) is 11.3 Å². The van der Waals surface area contributed by atoms with E-state index in [0.717, 1.165) is 4.88 Å². The van der Waals surface area contributed by atoms with E-state index in [-0.39, 0.29) is 29.6 Å². The van der Waals surface area contributed by atoms with E-state index in [0.29, 0.717) is 19.5 Å². The van der Waals surface area contributed by atoms with E-state index >= 15 is 0 Å². The van der Waals surface area contributed by atoms with Crippen molar-refractivity contribution in [3.63, 3.8) is 0 Å². The SMILES string of the molecule is Cn1cc(S(=O)(=O)N2CCN(C(=O)Cc3cccs3)CC2)cc1C(N)=O. The highest BCUT2D eigenvalue weighted by Gasteiger charge is 2.31. The second kappa shape index (κ2) is 7.22. The molecule has 26 heavy (non-hydrogen) atoms. The van der Waals surface area contributed by atoms with Crippen molar-refractivity contribution < 1.29 is 18.0 Å². The molecule has 0 aromatic carbocycles. The Hall–Kier alpha value is -2.17. The van der Waals surface area contributed by atoms with Crippen molar-refractivity contribution in [3.8, 4) is 0 Å². The quantitative estimate of drug-likeness (QED) is 0.782. The number of hydrogen-bond donors (Lipinski definition) is 1. The third-order valence-corrected chi connectivity index (χ3v) is 7.11. The van der Waals surface area contributed by atoms with E-state index in [4.69, 9.17) is 5.73 Å². The van der Waals surface area contributed by atoms with Crippen molar-refractivity contribution >= 4 is 33.2 Å². The van der Waals surface area contributed by atoms with Crippen LogP contribution in [0.3, 0.4) is 0 Å². The molecule has 2 amide bonds. The first-order valence-electron chi connectivity index (χ1n) is 8.05. The molecule has 2 aromatic heterocycles. The number of piperazine rings is 1. The van der Waals surface area contributed by atoms with Crippen LogP contribution in [-0.4, -0.2) is 60.2 Å². The normalized spacial score (nSPS) is 16.0. The molecule has 1 fully saturated rings. The van der Waals surface area contributed by atoms with Gasteiger partial charge in [-0.1, -0.05) is 6.07 Å². The molecule has 2 aromatic rings. The van der Waals surface area contributed by atoms with E-state index < -0.39 is 15.9 Å². The predicted octanol–water partition coefficient (Wildman–Crippen LogP) is 0.261. The number of primary amides is 1. The summed E-state index contributed by atoms with van der Waals surface area (Å²) in [6.45, 7) is 1.14. The highest BCUT2D eigenvalue weighted by atomic mass is 32.2. The lowest BCUT2D eigenvalue weighted by atomic mass is 10.3. The lowest BCUT2D eigenvalue weighted by Gasteiger charge is -2.33. The number of amides is 2. The average Bonchev–Trinajstić information content (AvgIpc) is 3.24. The van der Waals surface area contributed by atoms with Crippen molar-refractivity contribution in [2.75, 3.05) is 26.2 Å². The fourth-order valence-electron chi connectivity index (χ4n) is 2.92. The summed E-state index contributed by atoms with van der Waals surface area (Å²) < 4.78 is 28.3. The van der Waals surface area contributed by atoms with Gasteiger partial charge in [-0.25, -0.2) is 8.42 Å². The molecular weight excluding hydrogens is 376 g/mol. The Morgan fingerprint density at radius 2 is 1.92 bits per heavy atom. The van der Waals surface area contributed by atoms with Gasteiger partial charge in [-0.2, -0.15) is 4.31 Å². The Morgan fingerprint density at radius 1 is 1.23 bits per heavy atom. The van der Waals surface area contributed by atoms with Crippen LogP contribution in [0, 0.1) is 0 Å². The van der Waals surface area contributed by atoms with Gasteiger partial charge >= 0.3 is 0 Å². The lowest BCUT2D eigenvalue weighted by Crippen LogP contribution is -2.50. The summed E-state index contributed by atoms with van der Waals surface area (Å²) in [6.07, 6.45) is 1.72. The number of carbonyl (C=O) groups is 2. The summed E-state index contributed by atoms with van der Waals surface area (Å²) in [5.74, 6) is -0.682. The highest BCUT2D eigenvalue weighted by molar-refractivity contribution is 7.89. The molecule has 1 aliphatic heterocycles. The molecule has 140 valence electrons. The van der Waals surface area contributed by atoms with Crippen LogP contribution in [0.1, 0.15) is 15.4 Å². The Bertz CT molecular complexity index is 910. The smallest absolute Gasteiger partial charge is 0.265 e. The molecule has 3 rings (SSSR count). The van der Waals surface area contributed by atoms with Crippen LogP contribution >= 0.6 is 11.3 Å². The third kappa shape index (κ3) is 3.67. The van der Waals surface area contributed by atoms with Crippen LogP contribution < -0.4 is 5.73 Å². The van der Waals surface area contributed by atoms with Crippen LogP contribution in [0.15, 0.2) is 34.7 Å². The molecule has 1 saturated heterocycles. The van der Waals surface area contributed by atoms with Gasteiger partial charge < -0.3 is 15.2 Å². The van der Waals surface area contributed by atoms with Gasteiger partial charge in [0, 0.05) is 44.3 Å². The molecule has 0 unspecified atom stereocenters. The predicted molar refractivity (Wildman–Crippen MR) is 97.3 cm³/mol. The maximum atomic E-state index is 12.8. The van der Waals surface area contributed by atoms with Gasteiger partial charge in [0.05, 0.1) is 6.42 Å². The second-order valence-electron chi connectivity index (χ2n) is 6.08. The number of aryl methyl sites for hydroxylation is 1. The maximum Gasteiger partial charge on any atom is 0.265 e. The largest absolute Gasteiger partial charge is 0.364 e. The molecule has 1 aliphatic rings. The van der Waals surface area contributed by atoms with Crippen molar-refractivity contribution in [3.05, 3.63) is 40.3 Å². The van der Waals surface area contributed by atoms with Crippen LogP contribution in [-0.2, 0) is 28.3 Å². The fraction of sp³-hybridized carbons (Fsp3) is 0.375. The third-order valence-electron chi connectivity index (χ3n) is 4.37. The molecule has 0 bridgehead atoms. The lowest BCUT2D eigenvalue weighted by molar-refractivity contribution is -0.131. The van der Waals surface area contributed by atoms with Crippen molar-refractivity contribution in [1.82, 2.24) is 13.8 Å². The monoisotopic (exact) mass is 396 g/mol. The Morgan fingerprint density at radius 3 is 2.46 bits per heavy atom. The molecule has 2 N–H and O–H groups in total. The zero-order chi connectivity index (χ0) is 18.9. The number of aromatic nitrogens is 1. The van der Waals surface area contributed by atoms with Crippen molar-refractivity contribution in [1.29, 1.82) is 0 Å². The first-order valence-corrected chi connectivity index (χ1v) is 10.4. The highest BCUT2D eigenvalue weighted by Crippen LogP contribution is 2.20. The van der Waals surface area contributed by atoms with Crippen LogP contribution in [0.2, 0.25) is 0 Å². The van der Waals surface area contributed by atoms with E-state index in [1.54, 1.807) is 11.9 Å². The van der Waals surface area contributed by atoms with E-state index in [1.807, 2.05) is 17.5 Å². The topological polar surface area (TPSA) is 106 Å². The molecule has 3 heterocycles. The molecular formula is C16H20N4O4S2. The number of rotatable bonds is 5. The van der Waals surface area contributed by atoms with Gasteiger partial charge in [-0.15, -0.1) is 11.3 Å². The van der Waals surface area contributed by atoms with Gasteiger partial charge in [0.15, 0.2) is 0 Å². The average molecular weight is 396 g/mol. The molecule has 0 spiro atoms. The number of carbonyl (C=O) groups excluding carboxylic acids is 2. The molecule has 0 saturated carbocycles. The van der Waals surface area contributed by atoms with Gasteiger partial charge in [0.2, 0.25) is 15.9 Å². The number of sulfonamides is 1. The van der Waals surface area contributed by atoms with E-state index in [9.17, 15) is 18.0 Å². The Kier molecular flexibility index (Phi) is 5.17. The summed E-state index contributed by atoms with van der Waals surface area (Å²) in [5.41, 5.74) is 5.38. The number of hydrogen-bond acceptors (Lipinski definition) is 5. The van der Waals surface area contributed by atoms with Gasteiger partial charge in [0.1, 0.15) is 10.6 Å². The summed E-state index contributed by atoms with van der Waals surface area (Å²) in [5, 5.41) is 1.92. The molecule has 0 radical (unpaired) electrons. The molecule has 0 aliphatic carbocycles. The number of thiophene rings is 1. The zero-order valence-corrected chi connectivity index (χ0v) is 15.9. The maximum absolute atomic E-state index is 12.8. The van der Waals surface area contributed by atoms with Crippen LogP contribution in [0.25, 0.3) is 0 Å². The van der Waals surface area contributed by atoms with E-state index in [1.165, 1.54) is 32.5 Å². The summed E-state index contributed by atoms with van der Waals surface area (Å²) >= 11 is 1.53. The van der Waals surface area contributed by atoms with Gasteiger partial charge in [0.25, 0.3) is 5.91 Å². The van der Waals surface area contributed by atoms with Gasteiger partial charge in [-0.3, -0.25) is 9.59 Å². The number of nitrogens with two attached hydrogens (primary N) is 1. The minimum Gasteiger partial charge on any atom is -0.364 e. The Balaban J connectivity index is 1.66. The summed E-state index contributed by atoms with van der Waals surface area (Å²) in [7, 11) is -2.16. The molecule has 8 nitrogen and oxygen atoms in total. The zero-order valence-electron chi connectivity index (χ0n) is 14.3. The fourth-order valence-corrected chi connectivity index (χ4v) is 5.11.